The average Bonchev–Trinajstić information content (AvgIpc) is 3.43. The summed E-state index contributed by atoms with van der Waals surface area (Å²) in [5.41, 5.74) is 3.13. The molecule has 4 aromatic rings. The highest BCUT2D eigenvalue weighted by atomic mass is 16.2. The van der Waals surface area contributed by atoms with Crippen molar-refractivity contribution >= 4 is 40.3 Å². The molecule has 3 heterocycles. The fourth-order valence-electron chi connectivity index (χ4n) is 4.06. The number of aromatic amines is 2. The first-order valence-corrected chi connectivity index (χ1v) is 11.0. The van der Waals surface area contributed by atoms with Gasteiger partial charge in [0.2, 0.25) is 17.8 Å². The zero-order valence-electron chi connectivity index (χ0n) is 18.2. The van der Waals surface area contributed by atoms with E-state index in [2.05, 4.69) is 42.2 Å². The van der Waals surface area contributed by atoms with Gasteiger partial charge in [-0.1, -0.05) is 30.3 Å². The van der Waals surface area contributed by atoms with Crippen LogP contribution in [0.3, 0.4) is 0 Å². The van der Waals surface area contributed by atoms with Gasteiger partial charge in [-0.05, 0) is 36.6 Å². The summed E-state index contributed by atoms with van der Waals surface area (Å²) in [6, 6.07) is 13.8. The third-order valence-corrected chi connectivity index (χ3v) is 5.76. The van der Waals surface area contributed by atoms with Gasteiger partial charge in [0.15, 0.2) is 0 Å². The Morgan fingerprint density at radius 3 is 2.76 bits per heavy atom. The smallest absolute Gasteiger partial charge is 0.254 e. The molecule has 1 unspecified atom stereocenters. The van der Waals surface area contributed by atoms with Gasteiger partial charge in [-0.25, -0.2) is 0 Å². The maximum Gasteiger partial charge on any atom is 0.254 e. The number of carbonyl (C=O) groups excluding carboxylic acids is 3. The lowest BCUT2D eigenvalue weighted by Gasteiger charge is -2.13. The minimum atomic E-state index is -1.01. The Kier molecular flexibility index (Phi) is 5.77. The lowest BCUT2D eigenvalue weighted by Crippen LogP contribution is -2.43. The average molecular weight is 457 g/mol. The normalized spacial score (nSPS) is 15.4. The third-order valence-electron chi connectivity index (χ3n) is 5.76. The molecule has 10 heteroatoms. The Hall–Kier alpha value is -4.47. The fraction of sp³-hybridized carbons (Fsp3) is 0.208. The molecule has 2 aromatic heterocycles. The van der Waals surface area contributed by atoms with Crippen LogP contribution in [0.4, 0.5) is 11.6 Å². The SMILES string of the molecule is O=C(CC1NC(=O)c2ccccc2NC1=O)Nc1n[nH]c(CCCc2c[nH]c3ccccc23)n1. The molecule has 2 aromatic carbocycles. The molecule has 1 aliphatic rings. The first-order chi connectivity index (χ1) is 16.6. The number of aromatic nitrogens is 4. The number of rotatable bonds is 7. The van der Waals surface area contributed by atoms with Gasteiger partial charge in [0, 0.05) is 23.5 Å². The molecule has 5 rings (SSSR count). The Balaban J connectivity index is 1.14. The van der Waals surface area contributed by atoms with Gasteiger partial charge in [0.25, 0.3) is 5.91 Å². The molecule has 0 spiro atoms. The van der Waals surface area contributed by atoms with E-state index >= 15 is 0 Å². The van der Waals surface area contributed by atoms with E-state index in [9.17, 15) is 14.4 Å². The Morgan fingerprint density at radius 1 is 1.03 bits per heavy atom. The first kappa shape index (κ1) is 21.4. The van der Waals surface area contributed by atoms with Crippen LogP contribution < -0.4 is 16.0 Å². The molecular formula is C24H23N7O3. The predicted molar refractivity (Wildman–Crippen MR) is 126 cm³/mol. The van der Waals surface area contributed by atoms with E-state index in [4.69, 9.17) is 0 Å². The molecule has 172 valence electrons. The van der Waals surface area contributed by atoms with Crippen LogP contribution in [0.2, 0.25) is 0 Å². The number of H-pyrrole nitrogens is 2. The maximum absolute atomic E-state index is 12.5. The summed E-state index contributed by atoms with van der Waals surface area (Å²) in [6.07, 6.45) is 4.19. The van der Waals surface area contributed by atoms with Crippen molar-refractivity contribution < 1.29 is 14.4 Å². The van der Waals surface area contributed by atoms with Crippen LogP contribution in [-0.2, 0) is 22.4 Å². The van der Waals surface area contributed by atoms with Crippen LogP contribution in [-0.4, -0.2) is 43.9 Å². The molecule has 34 heavy (non-hydrogen) atoms. The first-order valence-electron chi connectivity index (χ1n) is 11.0. The number of nitrogens with zero attached hydrogens (tertiary/aromatic N) is 2. The van der Waals surface area contributed by atoms with Gasteiger partial charge in [-0.2, -0.15) is 4.98 Å². The van der Waals surface area contributed by atoms with Crippen molar-refractivity contribution in [3.8, 4) is 0 Å². The van der Waals surface area contributed by atoms with Crippen molar-refractivity contribution in [2.75, 3.05) is 10.6 Å². The second-order valence-electron chi connectivity index (χ2n) is 8.13. The fourth-order valence-corrected chi connectivity index (χ4v) is 4.06. The number of anilines is 2. The number of aryl methyl sites for hydroxylation is 2. The summed E-state index contributed by atoms with van der Waals surface area (Å²) in [5.74, 6) is -0.555. The zero-order valence-corrected chi connectivity index (χ0v) is 18.2. The molecule has 5 N–H and O–H groups in total. The summed E-state index contributed by atoms with van der Waals surface area (Å²) >= 11 is 0. The lowest BCUT2D eigenvalue weighted by molar-refractivity contribution is -0.122. The van der Waals surface area contributed by atoms with Crippen molar-refractivity contribution in [1.82, 2.24) is 25.5 Å². The Morgan fingerprint density at radius 2 is 1.85 bits per heavy atom. The van der Waals surface area contributed by atoms with Crippen LogP contribution >= 0.6 is 0 Å². The molecule has 0 radical (unpaired) electrons. The third kappa shape index (κ3) is 4.51. The Bertz CT molecular complexity index is 1370. The van der Waals surface area contributed by atoms with Crippen molar-refractivity contribution in [3.63, 3.8) is 0 Å². The standard InChI is InChI=1S/C24H23N7O3/c32-21(12-19-23(34)26-18-10-4-2-8-16(18)22(33)27-19)29-24-28-20(30-31-24)11-5-6-14-13-25-17-9-3-1-7-15(14)17/h1-4,7-10,13,19,25H,5-6,11-12H2,(H,26,34)(H,27,33)(H2,28,29,30,31,32). The number of benzene rings is 2. The number of fused-ring (bicyclic) bond motifs is 2. The Labute approximate surface area is 194 Å². The van der Waals surface area contributed by atoms with Gasteiger partial charge < -0.3 is 15.6 Å². The van der Waals surface area contributed by atoms with Gasteiger partial charge in [-0.3, -0.25) is 24.8 Å². The predicted octanol–water partition coefficient (Wildman–Crippen LogP) is 2.54. The van der Waals surface area contributed by atoms with E-state index < -0.39 is 23.8 Å². The number of nitrogens with one attached hydrogen (secondary N) is 5. The van der Waals surface area contributed by atoms with Crippen LogP contribution in [0.5, 0.6) is 0 Å². The molecule has 0 saturated heterocycles. The van der Waals surface area contributed by atoms with Crippen LogP contribution in [0.25, 0.3) is 10.9 Å². The second kappa shape index (κ2) is 9.18. The van der Waals surface area contributed by atoms with E-state index in [1.165, 1.54) is 10.9 Å². The highest BCUT2D eigenvalue weighted by Crippen LogP contribution is 2.20. The lowest BCUT2D eigenvalue weighted by atomic mass is 10.1. The molecule has 0 bridgehead atoms. The van der Waals surface area contributed by atoms with E-state index in [1.54, 1.807) is 24.3 Å². The topological polar surface area (TPSA) is 145 Å². The molecule has 3 amide bonds. The number of carbonyl (C=O) groups is 3. The van der Waals surface area contributed by atoms with Crippen molar-refractivity contribution in [2.24, 2.45) is 0 Å². The second-order valence-corrected chi connectivity index (χ2v) is 8.13. The van der Waals surface area contributed by atoms with Crippen LogP contribution in [0, 0.1) is 0 Å². The number of para-hydroxylation sites is 2. The van der Waals surface area contributed by atoms with E-state index in [0.29, 0.717) is 23.5 Å². The highest BCUT2D eigenvalue weighted by molar-refractivity contribution is 6.11. The van der Waals surface area contributed by atoms with Crippen molar-refractivity contribution in [3.05, 3.63) is 71.7 Å². The molecule has 10 nitrogen and oxygen atoms in total. The van der Waals surface area contributed by atoms with Crippen LogP contribution in [0.1, 0.15) is 34.6 Å². The molecular weight excluding hydrogens is 434 g/mol. The van der Waals surface area contributed by atoms with Gasteiger partial charge in [-0.15, -0.1) is 5.10 Å². The number of hydrogen-bond acceptors (Lipinski definition) is 5. The molecule has 1 aliphatic heterocycles. The number of hydrogen-bond donors (Lipinski definition) is 5. The van der Waals surface area contributed by atoms with E-state index in [1.807, 2.05) is 24.4 Å². The zero-order chi connectivity index (χ0) is 23.5. The number of amides is 3. The van der Waals surface area contributed by atoms with Crippen molar-refractivity contribution in [2.45, 2.75) is 31.7 Å². The van der Waals surface area contributed by atoms with Crippen molar-refractivity contribution in [1.29, 1.82) is 0 Å². The molecule has 1 atom stereocenters. The molecule has 0 fully saturated rings. The summed E-state index contributed by atoms with van der Waals surface area (Å²) in [7, 11) is 0. The monoisotopic (exact) mass is 457 g/mol. The minimum Gasteiger partial charge on any atom is -0.361 e. The minimum absolute atomic E-state index is 0.135. The molecule has 0 saturated carbocycles. The van der Waals surface area contributed by atoms with Gasteiger partial charge >= 0.3 is 0 Å². The largest absolute Gasteiger partial charge is 0.361 e. The van der Waals surface area contributed by atoms with Gasteiger partial charge in [0.05, 0.1) is 17.7 Å². The quantitative estimate of drug-likeness (QED) is 0.290. The van der Waals surface area contributed by atoms with Gasteiger partial charge in [0.1, 0.15) is 11.9 Å². The summed E-state index contributed by atoms with van der Waals surface area (Å²) in [6.45, 7) is 0. The maximum atomic E-state index is 12.5. The summed E-state index contributed by atoms with van der Waals surface area (Å²) in [4.78, 5) is 44.9. The molecule has 0 aliphatic carbocycles. The highest BCUT2D eigenvalue weighted by Gasteiger charge is 2.29. The summed E-state index contributed by atoms with van der Waals surface area (Å²) in [5, 5.41) is 16.0. The van der Waals surface area contributed by atoms with E-state index in [0.717, 1.165) is 18.4 Å². The van der Waals surface area contributed by atoms with Crippen LogP contribution in [0.15, 0.2) is 54.7 Å². The summed E-state index contributed by atoms with van der Waals surface area (Å²) < 4.78 is 0. The van der Waals surface area contributed by atoms with E-state index in [-0.39, 0.29) is 12.4 Å².